The van der Waals surface area contributed by atoms with Crippen molar-refractivity contribution >= 4 is 17.6 Å². The summed E-state index contributed by atoms with van der Waals surface area (Å²) in [6, 6.07) is 13.1. The van der Waals surface area contributed by atoms with Gasteiger partial charge in [0.05, 0.1) is 6.42 Å². The van der Waals surface area contributed by atoms with Gasteiger partial charge >= 0.3 is 5.97 Å². The molecule has 0 saturated carbocycles. The van der Waals surface area contributed by atoms with Crippen LogP contribution in [0, 0.1) is 13.8 Å². The summed E-state index contributed by atoms with van der Waals surface area (Å²) in [4.78, 5) is 22.6. The Labute approximate surface area is 136 Å². The molecule has 120 valence electrons. The van der Waals surface area contributed by atoms with E-state index in [1.165, 1.54) is 11.1 Å². The quantitative estimate of drug-likeness (QED) is 0.858. The summed E-state index contributed by atoms with van der Waals surface area (Å²) in [5.74, 6) is -0.913. The van der Waals surface area contributed by atoms with Crippen LogP contribution in [-0.2, 0) is 22.4 Å². The van der Waals surface area contributed by atoms with Crippen LogP contribution in [-0.4, -0.2) is 17.0 Å². The van der Waals surface area contributed by atoms with Crippen LogP contribution in [0.4, 0.5) is 5.69 Å². The first kappa shape index (κ1) is 16.7. The topological polar surface area (TPSA) is 66.4 Å². The predicted molar refractivity (Wildman–Crippen MR) is 90.6 cm³/mol. The minimum atomic E-state index is -0.866. The third kappa shape index (κ3) is 5.25. The summed E-state index contributed by atoms with van der Waals surface area (Å²) in [5.41, 5.74) is 5.03. The van der Waals surface area contributed by atoms with E-state index >= 15 is 0 Å². The first-order chi connectivity index (χ1) is 10.9. The Balaban J connectivity index is 1.86. The number of rotatable bonds is 6. The number of carboxylic acids is 1. The van der Waals surface area contributed by atoms with Crippen LogP contribution in [0.1, 0.15) is 28.7 Å². The molecule has 0 bridgehead atoms. The maximum Gasteiger partial charge on any atom is 0.307 e. The summed E-state index contributed by atoms with van der Waals surface area (Å²) in [6.45, 7) is 4.14. The summed E-state index contributed by atoms with van der Waals surface area (Å²) >= 11 is 0. The molecule has 0 aliphatic carbocycles. The van der Waals surface area contributed by atoms with Gasteiger partial charge in [0, 0.05) is 12.1 Å². The van der Waals surface area contributed by atoms with Gasteiger partial charge in [-0.2, -0.15) is 0 Å². The van der Waals surface area contributed by atoms with Crippen molar-refractivity contribution in [2.45, 2.75) is 33.1 Å². The highest BCUT2D eigenvalue weighted by Gasteiger charge is 2.05. The lowest BCUT2D eigenvalue weighted by atomic mass is 10.0. The maximum absolute atomic E-state index is 12.0. The lowest BCUT2D eigenvalue weighted by Gasteiger charge is -2.07. The monoisotopic (exact) mass is 311 g/mol. The van der Waals surface area contributed by atoms with E-state index in [1.54, 1.807) is 24.3 Å². The van der Waals surface area contributed by atoms with Crippen LogP contribution in [0.2, 0.25) is 0 Å². The van der Waals surface area contributed by atoms with E-state index in [2.05, 4.69) is 37.4 Å². The molecule has 0 spiro atoms. The average molecular weight is 311 g/mol. The number of hydrogen-bond donors (Lipinski definition) is 2. The Hall–Kier alpha value is -2.62. The van der Waals surface area contributed by atoms with E-state index < -0.39 is 5.97 Å². The maximum atomic E-state index is 12.0. The molecule has 2 aromatic rings. The zero-order chi connectivity index (χ0) is 16.8. The van der Waals surface area contributed by atoms with Gasteiger partial charge in [-0.25, -0.2) is 0 Å². The smallest absolute Gasteiger partial charge is 0.307 e. The summed E-state index contributed by atoms with van der Waals surface area (Å²) in [6.07, 6.45) is 1.10. The van der Waals surface area contributed by atoms with Crippen molar-refractivity contribution in [3.05, 3.63) is 64.7 Å². The third-order valence-corrected chi connectivity index (χ3v) is 3.81. The molecule has 0 saturated heterocycles. The molecule has 0 atom stereocenters. The van der Waals surface area contributed by atoms with Crippen LogP contribution >= 0.6 is 0 Å². The number of aryl methyl sites for hydroxylation is 3. The zero-order valence-electron chi connectivity index (χ0n) is 13.4. The molecule has 0 aliphatic heterocycles. The second-order valence-corrected chi connectivity index (χ2v) is 5.73. The van der Waals surface area contributed by atoms with Gasteiger partial charge in [0.15, 0.2) is 0 Å². The number of benzene rings is 2. The molecule has 0 radical (unpaired) electrons. The Kier molecular flexibility index (Phi) is 5.52. The van der Waals surface area contributed by atoms with E-state index in [9.17, 15) is 9.59 Å². The molecule has 2 aromatic carbocycles. The first-order valence-electron chi connectivity index (χ1n) is 7.61. The molecule has 0 unspecified atom stereocenters. The fourth-order valence-electron chi connectivity index (χ4n) is 2.32. The number of hydrogen-bond acceptors (Lipinski definition) is 2. The number of aliphatic carboxylic acids is 1. The van der Waals surface area contributed by atoms with Crippen molar-refractivity contribution in [3.63, 3.8) is 0 Å². The van der Waals surface area contributed by atoms with E-state index in [1.807, 2.05) is 0 Å². The largest absolute Gasteiger partial charge is 0.481 e. The summed E-state index contributed by atoms with van der Waals surface area (Å²) in [5, 5.41) is 11.6. The van der Waals surface area contributed by atoms with E-state index in [4.69, 9.17) is 5.11 Å². The van der Waals surface area contributed by atoms with Gasteiger partial charge in [0.1, 0.15) is 0 Å². The molecule has 0 aliphatic rings. The van der Waals surface area contributed by atoms with Crippen molar-refractivity contribution in [1.29, 1.82) is 0 Å². The minimum absolute atomic E-state index is 0.0129. The van der Waals surface area contributed by atoms with Crippen LogP contribution in [0.15, 0.2) is 42.5 Å². The summed E-state index contributed by atoms with van der Waals surface area (Å²) in [7, 11) is 0. The number of nitrogens with one attached hydrogen (secondary N) is 1. The van der Waals surface area contributed by atoms with Gasteiger partial charge in [-0.3, -0.25) is 9.59 Å². The van der Waals surface area contributed by atoms with Crippen LogP contribution < -0.4 is 5.32 Å². The standard InChI is InChI=1S/C19H21NO3/c1-13-3-4-15(11-14(13)2)7-10-18(21)20-17-8-5-16(6-9-17)12-19(22)23/h3-6,8-9,11H,7,10,12H2,1-2H3,(H,20,21)(H,22,23). The predicted octanol–water partition coefficient (Wildman–Crippen LogP) is 3.50. The molecular weight excluding hydrogens is 290 g/mol. The normalized spacial score (nSPS) is 10.3. The lowest BCUT2D eigenvalue weighted by molar-refractivity contribution is -0.136. The fourth-order valence-corrected chi connectivity index (χ4v) is 2.32. The Morgan fingerprint density at radius 3 is 2.22 bits per heavy atom. The molecule has 0 aromatic heterocycles. The Morgan fingerprint density at radius 1 is 0.957 bits per heavy atom. The SMILES string of the molecule is Cc1ccc(CCC(=O)Nc2ccc(CC(=O)O)cc2)cc1C. The highest BCUT2D eigenvalue weighted by molar-refractivity contribution is 5.90. The van der Waals surface area contributed by atoms with Gasteiger partial charge in [-0.05, 0) is 54.7 Å². The highest BCUT2D eigenvalue weighted by atomic mass is 16.4. The van der Waals surface area contributed by atoms with Gasteiger partial charge in [0.25, 0.3) is 0 Å². The van der Waals surface area contributed by atoms with Crippen molar-refractivity contribution < 1.29 is 14.7 Å². The third-order valence-electron chi connectivity index (χ3n) is 3.81. The van der Waals surface area contributed by atoms with Crippen molar-refractivity contribution in [2.75, 3.05) is 5.32 Å². The van der Waals surface area contributed by atoms with Gasteiger partial charge in [-0.1, -0.05) is 30.3 Å². The second-order valence-electron chi connectivity index (χ2n) is 5.73. The number of carbonyl (C=O) groups excluding carboxylic acids is 1. The van der Waals surface area contributed by atoms with Crippen LogP contribution in [0.25, 0.3) is 0 Å². The molecule has 4 heteroatoms. The second kappa shape index (κ2) is 7.58. The molecular formula is C19H21NO3. The van der Waals surface area contributed by atoms with Crippen LogP contribution in [0.5, 0.6) is 0 Å². The molecule has 23 heavy (non-hydrogen) atoms. The van der Waals surface area contributed by atoms with E-state index in [0.29, 0.717) is 24.1 Å². The number of carbonyl (C=O) groups is 2. The minimum Gasteiger partial charge on any atom is -0.481 e. The molecule has 0 heterocycles. The summed E-state index contributed by atoms with van der Waals surface area (Å²) < 4.78 is 0. The van der Waals surface area contributed by atoms with Gasteiger partial charge in [0.2, 0.25) is 5.91 Å². The number of anilines is 1. The molecule has 4 nitrogen and oxygen atoms in total. The van der Waals surface area contributed by atoms with Gasteiger partial charge < -0.3 is 10.4 Å². The molecule has 0 fully saturated rings. The van der Waals surface area contributed by atoms with Crippen molar-refractivity contribution in [3.8, 4) is 0 Å². The zero-order valence-corrected chi connectivity index (χ0v) is 13.4. The fraction of sp³-hybridized carbons (Fsp3) is 0.263. The number of carboxylic acid groups (broad SMARTS) is 1. The molecule has 1 amide bonds. The molecule has 2 rings (SSSR count). The van der Waals surface area contributed by atoms with Crippen LogP contribution in [0.3, 0.4) is 0 Å². The Morgan fingerprint density at radius 2 is 1.61 bits per heavy atom. The van der Waals surface area contributed by atoms with Crippen molar-refractivity contribution in [1.82, 2.24) is 0 Å². The Bertz CT molecular complexity index is 705. The van der Waals surface area contributed by atoms with Crippen molar-refractivity contribution in [2.24, 2.45) is 0 Å². The van der Waals surface area contributed by atoms with E-state index in [0.717, 1.165) is 5.56 Å². The molecule has 2 N–H and O–H groups in total. The average Bonchev–Trinajstić information content (AvgIpc) is 2.50. The highest BCUT2D eigenvalue weighted by Crippen LogP contribution is 2.13. The lowest BCUT2D eigenvalue weighted by Crippen LogP contribution is -2.12. The van der Waals surface area contributed by atoms with Gasteiger partial charge in [-0.15, -0.1) is 0 Å². The van der Waals surface area contributed by atoms with E-state index in [-0.39, 0.29) is 12.3 Å². The number of amides is 1. The first-order valence-corrected chi connectivity index (χ1v) is 7.61.